The van der Waals surface area contributed by atoms with Crippen LogP contribution in [0.25, 0.3) is 0 Å². The average molecular weight is 333 g/mol. The molecule has 1 aliphatic carbocycles. The fraction of sp³-hybridized carbons (Fsp3) is 0.706. The summed E-state index contributed by atoms with van der Waals surface area (Å²) in [5.74, 6) is -0.171. The van der Waals surface area contributed by atoms with E-state index in [1.807, 2.05) is 13.8 Å². The Bertz CT molecular complexity index is 618. The number of aromatic amines is 1. The number of H-pyrrole nitrogens is 1. The first-order valence-corrected chi connectivity index (χ1v) is 8.76. The van der Waals surface area contributed by atoms with Crippen LogP contribution in [0.5, 0.6) is 0 Å². The maximum Gasteiger partial charge on any atom is 0.240 e. The lowest BCUT2D eigenvalue weighted by atomic mass is 9.84. The molecule has 1 fully saturated rings. The number of hydrogen-bond donors (Lipinski definition) is 3. The van der Waals surface area contributed by atoms with Gasteiger partial charge in [0.05, 0.1) is 30.1 Å². The zero-order valence-corrected chi connectivity index (χ0v) is 14.7. The molecule has 2 heterocycles. The molecule has 1 atom stereocenters. The van der Waals surface area contributed by atoms with E-state index in [4.69, 9.17) is 0 Å². The Morgan fingerprint density at radius 2 is 2.12 bits per heavy atom. The van der Waals surface area contributed by atoms with Gasteiger partial charge in [0.25, 0.3) is 0 Å². The average Bonchev–Trinajstić information content (AvgIpc) is 3.15. The third-order valence-corrected chi connectivity index (χ3v) is 4.99. The lowest BCUT2D eigenvalue weighted by Gasteiger charge is -2.39. The van der Waals surface area contributed by atoms with E-state index in [-0.39, 0.29) is 36.0 Å². The maximum absolute atomic E-state index is 12.8. The highest BCUT2D eigenvalue weighted by Gasteiger charge is 2.46. The van der Waals surface area contributed by atoms with Crippen molar-refractivity contribution in [1.29, 1.82) is 0 Å². The van der Waals surface area contributed by atoms with Crippen LogP contribution in [-0.2, 0) is 21.5 Å². The van der Waals surface area contributed by atoms with Crippen LogP contribution < -0.4 is 10.6 Å². The maximum atomic E-state index is 12.8. The van der Waals surface area contributed by atoms with E-state index in [2.05, 4.69) is 20.6 Å². The van der Waals surface area contributed by atoms with Gasteiger partial charge >= 0.3 is 0 Å². The monoisotopic (exact) mass is 333 g/mol. The summed E-state index contributed by atoms with van der Waals surface area (Å²) in [6.45, 7) is 3.90. The molecular weight excluding hydrogens is 306 g/mol. The number of nitrogens with zero attached hydrogens (tertiary/aromatic N) is 2. The molecule has 2 aliphatic rings. The Hall–Kier alpha value is -1.89. The summed E-state index contributed by atoms with van der Waals surface area (Å²) in [5.41, 5.74) is 1.94. The largest absolute Gasteiger partial charge is 0.352 e. The Morgan fingerprint density at radius 1 is 1.42 bits per heavy atom. The van der Waals surface area contributed by atoms with Gasteiger partial charge in [0.15, 0.2) is 0 Å². The first kappa shape index (κ1) is 17.0. The van der Waals surface area contributed by atoms with Crippen molar-refractivity contribution in [3.8, 4) is 0 Å². The van der Waals surface area contributed by atoms with Gasteiger partial charge in [0.2, 0.25) is 11.8 Å². The molecule has 3 rings (SSSR count). The van der Waals surface area contributed by atoms with Crippen molar-refractivity contribution < 1.29 is 9.59 Å². The van der Waals surface area contributed by atoms with E-state index in [0.717, 1.165) is 37.1 Å². The SMILES string of the molecule is CC(C)NC(=O)CN(C)C(=O)[C@@H]1Cc2[nH]cnc2C2(CCCC2)N1. The molecule has 0 radical (unpaired) electrons. The molecular formula is C17H27N5O2. The number of rotatable bonds is 4. The molecule has 7 nitrogen and oxygen atoms in total. The Labute approximate surface area is 142 Å². The zero-order chi connectivity index (χ0) is 17.3. The van der Waals surface area contributed by atoms with E-state index in [9.17, 15) is 9.59 Å². The molecule has 1 aromatic rings. The van der Waals surface area contributed by atoms with Gasteiger partial charge in [0.1, 0.15) is 0 Å². The summed E-state index contributed by atoms with van der Waals surface area (Å²) in [6, 6.07) is -0.240. The fourth-order valence-corrected chi connectivity index (χ4v) is 3.98. The molecule has 132 valence electrons. The highest BCUT2D eigenvalue weighted by molar-refractivity contribution is 5.87. The topological polar surface area (TPSA) is 90.1 Å². The van der Waals surface area contributed by atoms with Crippen LogP contribution in [0, 0.1) is 0 Å². The van der Waals surface area contributed by atoms with Crippen LogP contribution in [0.2, 0.25) is 0 Å². The predicted molar refractivity (Wildman–Crippen MR) is 90.3 cm³/mol. The lowest BCUT2D eigenvalue weighted by molar-refractivity contribution is -0.137. The lowest BCUT2D eigenvalue weighted by Crippen LogP contribution is -2.58. The standard InChI is InChI=1S/C17H27N5O2/c1-11(2)20-14(23)9-22(3)16(24)13-8-12-15(19-10-18-12)17(21-13)6-4-5-7-17/h10-11,13,21H,4-9H2,1-3H3,(H,18,19)(H,20,23)/t13-/m0/s1. The number of hydrogen-bond acceptors (Lipinski definition) is 4. The second kappa shape index (κ2) is 6.55. The number of carbonyl (C=O) groups is 2. The summed E-state index contributed by atoms with van der Waals surface area (Å²) in [6.07, 6.45) is 6.61. The van der Waals surface area contributed by atoms with E-state index in [1.54, 1.807) is 13.4 Å². The number of fused-ring (bicyclic) bond motifs is 2. The van der Waals surface area contributed by atoms with Crippen molar-refractivity contribution in [3.63, 3.8) is 0 Å². The van der Waals surface area contributed by atoms with Gasteiger partial charge in [-0.05, 0) is 26.7 Å². The van der Waals surface area contributed by atoms with Crippen LogP contribution in [-0.4, -0.2) is 52.4 Å². The van der Waals surface area contributed by atoms with Crippen LogP contribution in [0.15, 0.2) is 6.33 Å². The van der Waals surface area contributed by atoms with Gasteiger partial charge in [-0.3, -0.25) is 14.9 Å². The fourth-order valence-electron chi connectivity index (χ4n) is 3.98. The minimum absolute atomic E-state index is 0.0413. The van der Waals surface area contributed by atoms with Crippen molar-refractivity contribution in [3.05, 3.63) is 17.7 Å². The number of nitrogens with one attached hydrogen (secondary N) is 3. The summed E-state index contributed by atoms with van der Waals surface area (Å²) < 4.78 is 0. The zero-order valence-electron chi connectivity index (χ0n) is 14.7. The number of aromatic nitrogens is 2. The van der Waals surface area contributed by atoms with E-state index >= 15 is 0 Å². The van der Waals surface area contributed by atoms with Crippen molar-refractivity contribution in [2.45, 2.75) is 63.6 Å². The molecule has 0 unspecified atom stereocenters. The molecule has 0 aromatic carbocycles. The Morgan fingerprint density at radius 3 is 2.79 bits per heavy atom. The van der Waals surface area contributed by atoms with Gasteiger partial charge in [-0.15, -0.1) is 0 Å². The number of amides is 2. The second-order valence-corrected chi connectivity index (χ2v) is 7.34. The number of likely N-dealkylation sites (N-methyl/N-ethyl adjacent to an activating group) is 1. The molecule has 2 amide bonds. The van der Waals surface area contributed by atoms with E-state index in [1.165, 1.54) is 4.90 Å². The molecule has 24 heavy (non-hydrogen) atoms. The Kier molecular flexibility index (Phi) is 4.62. The van der Waals surface area contributed by atoms with Crippen LogP contribution in [0.1, 0.15) is 50.9 Å². The summed E-state index contributed by atoms with van der Waals surface area (Å²) in [4.78, 5) is 34.0. The molecule has 1 aromatic heterocycles. The normalized spacial score (nSPS) is 21.8. The van der Waals surface area contributed by atoms with Gasteiger partial charge in [-0.2, -0.15) is 0 Å². The Balaban J connectivity index is 1.71. The first-order chi connectivity index (χ1) is 11.4. The number of carbonyl (C=O) groups excluding carboxylic acids is 2. The van der Waals surface area contributed by atoms with Gasteiger partial charge < -0.3 is 15.2 Å². The van der Waals surface area contributed by atoms with Gasteiger partial charge in [-0.25, -0.2) is 4.98 Å². The summed E-state index contributed by atoms with van der Waals surface area (Å²) in [7, 11) is 1.69. The molecule has 7 heteroatoms. The summed E-state index contributed by atoms with van der Waals surface area (Å²) in [5, 5.41) is 6.38. The minimum Gasteiger partial charge on any atom is -0.352 e. The van der Waals surface area contributed by atoms with Crippen LogP contribution in [0.4, 0.5) is 0 Å². The molecule has 0 bridgehead atoms. The third-order valence-electron chi connectivity index (χ3n) is 4.99. The van der Waals surface area contributed by atoms with Crippen molar-refractivity contribution in [2.75, 3.05) is 13.6 Å². The van der Waals surface area contributed by atoms with Crippen molar-refractivity contribution in [1.82, 2.24) is 25.5 Å². The number of imidazole rings is 1. The van der Waals surface area contributed by atoms with Crippen molar-refractivity contribution in [2.24, 2.45) is 0 Å². The van der Waals surface area contributed by atoms with Crippen molar-refractivity contribution >= 4 is 11.8 Å². The van der Waals surface area contributed by atoms with E-state index in [0.29, 0.717) is 6.42 Å². The second-order valence-electron chi connectivity index (χ2n) is 7.34. The van der Waals surface area contributed by atoms with Gasteiger partial charge in [-0.1, -0.05) is 12.8 Å². The highest BCUT2D eigenvalue weighted by atomic mass is 16.2. The molecule has 1 aliphatic heterocycles. The third kappa shape index (κ3) is 3.17. The smallest absolute Gasteiger partial charge is 0.240 e. The molecule has 3 N–H and O–H groups in total. The first-order valence-electron chi connectivity index (χ1n) is 8.76. The minimum atomic E-state index is -0.312. The van der Waals surface area contributed by atoms with Crippen LogP contribution in [0.3, 0.4) is 0 Å². The molecule has 1 saturated carbocycles. The highest BCUT2D eigenvalue weighted by Crippen LogP contribution is 2.42. The molecule has 1 spiro atoms. The predicted octanol–water partition coefficient (Wildman–Crippen LogP) is 0.676. The van der Waals surface area contributed by atoms with Crippen LogP contribution >= 0.6 is 0 Å². The van der Waals surface area contributed by atoms with E-state index < -0.39 is 0 Å². The quantitative estimate of drug-likeness (QED) is 0.756. The summed E-state index contributed by atoms with van der Waals surface area (Å²) >= 11 is 0. The van der Waals surface area contributed by atoms with Gasteiger partial charge in [0, 0.05) is 25.2 Å². The molecule has 0 saturated heterocycles.